The van der Waals surface area contributed by atoms with Gasteiger partial charge < -0.3 is 19.8 Å². The minimum Gasteiger partial charge on any atom is -0.545 e. The number of rotatable bonds is 2. The van der Waals surface area contributed by atoms with Crippen molar-refractivity contribution in [2.45, 2.75) is 0 Å². The van der Waals surface area contributed by atoms with Crippen LogP contribution in [0, 0.1) is 0 Å². The second-order valence-electron chi connectivity index (χ2n) is 2.12. The van der Waals surface area contributed by atoms with Gasteiger partial charge in [0.2, 0.25) is 0 Å². The molecule has 0 saturated carbocycles. The van der Waals surface area contributed by atoms with E-state index in [1.54, 1.807) is 0 Å². The van der Waals surface area contributed by atoms with Gasteiger partial charge in [-0.2, -0.15) is 0 Å². The molecule has 1 aromatic rings. The first kappa shape index (κ1) is 12.4. The van der Waals surface area contributed by atoms with Crippen LogP contribution in [-0.2, 0) is 0 Å². The molecule has 62 valence electrons. The van der Waals surface area contributed by atoms with Crippen LogP contribution in [0.3, 0.4) is 0 Å². The molecule has 5 heteroatoms. The molecule has 0 bridgehead atoms. The van der Waals surface area contributed by atoms with Gasteiger partial charge in [0, 0.05) is 11.1 Å². The molecular weight excluding hydrogens is 200 g/mol. The molecule has 0 aliphatic rings. The van der Waals surface area contributed by atoms with E-state index in [1.807, 2.05) is 0 Å². The molecule has 0 aliphatic heterocycles. The SMILES string of the molecule is O=C([O-])c1ccccc1C(=O)[O-].[Ca+2]. The maximum Gasteiger partial charge on any atom is 2.00 e. The molecule has 0 aliphatic carbocycles. The fourth-order valence-corrected chi connectivity index (χ4v) is 0.839. The summed E-state index contributed by atoms with van der Waals surface area (Å²) in [5, 5.41) is 20.6. The summed E-state index contributed by atoms with van der Waals surface area (Å²) in [6, 6.07) is 5.14. The van der Waals surface area contributed by atoms with Crippen LogP contribution in [0.1, 0.15) is 20.7 Å². The molecule has 0 radical (unpaired) electrons. The number of carboxylic acid groups (broad SMARTS) is 2. The van der Waals surface area contributed by atoms with Crippen molar-refractivity contribution in [2.75, 3.05) is 0 Å². The summed E-state index contributed by atoms with van der Waals surface area (Å²) in [4.78, 5) is 20.6. The maximum absolute atomic E-state index is 10.3. The van der Waals surface area contributed by atoms with Crippen molar-refractivity contribution in [2.24, 2.45) is 0 Å². The third kappa shape index (κ3) is 2.99. The molecule has 13 heavy (non-hydrogen) atoms. The van der Waals surface area contributed by atoms with E-state index >= 15 is 0 Å². The molecule has 0 heterocycles. The van der Waals surface area contributed by atoms with Gasteiger partial charge in [-0.05, 0) is 0 Å². The first-order chi connectivity index (χ1) is 5.63. The molecule has 0 amide bonds. The predicted octanol–water partition coefficient (Wildman–Crippen LogP) is -1.97. The van der Waals surface area contributed by atoms with Crippen LogP contribution >= 0.6 is 0 Å². The summed E-state index contributed by atoms with van der Waals surface area (Å²) in [7, 11) is 0. The molecule has 4 nitrogen and oxygen atoms in total. The number of carbonyl (C=O) groups excluding carboxylic acids is 2. The van der Waals surface area contributed by atoms with Gasteiger partial charge in [0.25, 0.3) is 0 Å². The Bertz CT molecular complexity index is 302. The maximum atomic E-state index is 10.3. The number of hydrogen-bond donors (Lipinski definition) is 0. The zero-order valence-corrected chi connectivity index (χ0v) is 8.86. The molecule has 0 aromatic heterocycles. The van der Waals surface area contributed by atoms with Crippen LogP contribution in [0.15, 0.2) is 24.3 Å². The fourth-order valence-electron chi connectivity index (χ4n) is 0.839. The first-order valence-corrected chi connectivity index (χ1v) is 3.14. The van der Waals surface area contributed by atoms with Crippen molar-refractivity contribution in [1.29, 1.82) is 0 Å². The third-order valence-corrected chi connectivity index (χ3v) is 1.37. The molecule has 0 atom stereocenters. The van der Waals surface area contributed by atoms with Crippen LogP contribution < -0.4 is 10.2 Å². The minimum absolute atomic E-state index is 0. The molecule has 0 fully saturated rings. The summed E-state index contributed by atoms with van der Waals surface area (Å²) in [6.45, 7) is 0. The molecule has 0 saturated heterocycles. The molecule has 1 rings (SSSR count). The quantitative estimate of drug-likeness (QED) is 0.523. The van der Waals surface area contributed by atoms with Gasteiger partial charge >= 0.3 is 37.7 Å². The van der Waals surface area contributed by atoms with Crippen molar-refractivity contribution < 1.29 is 19.8 Å². The van der Waals surface area contributed by atoms with Gasteiger partial charge in [-0.1, -0.05) is 24.3 Å². The van der Waals surface area contributed by atoms with Gasteiger partial charge in [0.1, 0.15) is 0 Å². The molecule has 0 N–H and O–H groups in total. The monoisotopic (exact) mass is 204 g/mol. The second-order valence-corrected chi connectivity index (χ2v) is 2.12. The van der Waals surface area contributed by atoms with E-state index in [0.717, 1.165) is 12.1 Å². The van der Waals surface area contributed by atoms with Crippen LogP contribution in [0.5, 0.6) is 0 Å². The summed E-state index contributed by atoms with van der Waals surface area (Å²) < 4.78 is 0. The Morgan fingerprint density at radius 1 is 0.923 bits per heavy atom. The van der Waals surface area contributed by atoms with Crippen molar-refractivity contribution in [3.8, 4) is 0 Å². The Morgan fingerprint density at radius 2 is 1.23 bits per heavy atom. The van der Waals surface area contributed by atoms with E-state index in [2.05, 4.69) is 0 Å². The predicted molar refractivity (Wildman–Crippen MR) is 40.9 cm³/mol. The molecular formula is C8H4CaO4. The number of hydrogen-bond acceptors (Lipinski definition) is 4. The van der Waals surface area contributed by atoms with Crippen LogP contribution in [0.2, 0.25) is 0 Å². The Balaban J connectivity index is 0.00000144. The van der Waals surface area contributed by atoms with Crippen molar-refractivity contribution >= 4 is 49.7 Å². The normalized spacial score (nSPS) is 8.62. The first-order valence-electron chi connectivity index (χ1n) is 3.14. The summed E-state index contributed by atoms with van der Waals surface area (Å²) in [5.41, 5.74) is -0.727. The zero-order valence-electron chi connectivity index (χ0n) is 6.65. The summed E-state index contributed by atoms with van der Waals surface area (Å²) in [6.07, 6.45) is 0. The average Bonchev–Trinajstić information content (AvgIpc) is 2.04. The van der Waals surface area contributed by atoms with Crippen molar-refractivity contribution in [3.63, 3.8) is 0 Å². The van der Waals surface area contributed by atoms with E-state index < -0.39 is 11.9 Å². The fraction of sp³-hybridized carbons (Fsp3) is 0. The number of benzene rings is 1. The van der Waals surface area contributed by atoms with E-state index in [0.29, 0.717) is 0 Å². The van der Waals surface area contributed by atoms with Crippen molar-refractivity contribution in [1.82, 2.24) is 0 Å². The summed E-state index contributed by atoms with van der Waals surface area (Å²) >= 11 is 0. The standard InChI is InChI=1S/C8H6O4.Ca/c9-7(10)5-3-1-2-4-6(5)8(11)12;/h1-4H,(H,9,10)(H,11,12);/q;+2/p-2. The van der Waals surface area contributed by atoms with Gasteiger partial charge in [-0.25, -0.2) is 0 Å². The van der Waals surface area contributed by atoms with E-state index in [-0.39, 0.29) is 48.9 Å². The largest absolute Gasteiger partial charge is 2.00 e. The topological polar surface area (TPSA) is 80.3 Å². The van der Waals surface area contributed by atoms with Gasteiger partial charge in [0.15, 0.2) is 0 Å². The van der Waals surface area contributed by atoms with Gasteiger partial charge in [-0.15, -0.1) is 0 Å². The second kappa shape index (κ2) is 5.21. The molecule has 1 aromatic carbocycles. The molecule has 0 unspecified atom stereocenters. The van der Waals surface area contributed by atoms with Gasteiger partial charge in [0.05, 0.1) is 11.9 Å². The Kier molecular flexibility index (Phi) is 4.98. The zero-order chi connectivity index (χ0) is 9.14. The van der Waals surface area contributed by atoms with Crippen LogP contribution in [0.25, 0.3) is 0 Å². The minimum atomic E-state index is -1.52. The number of carbonyl (C=O) groups is 2. The Morgan fingerprint density at radius 3 is 1.46 bits per heavy atom. The van der Waals surface area contributed by atoms with E-state index in [4.69, 9.17) is 0 Å². The van der Waals surface area contributed by atoms with E-state index in [9.17, 15) is 19.8 Å². The average molecular weight is 204 g/mol. The van der Waals surface area contributed by atoms with Crippen LogP contribution in [-0.4, -0.2) is 49.7 Å². The summed E-state index contributed by atoms with van der Waals surface area (Å²) in [5.74, 6) is -3.04. The van der Waals surface area contributed by atoms with Gasteiger partial charge in [-0.3, -0.25) is 0 Å². The number of aromatic carboxylic acids is 2. The Hall–Kier alpha value is -0.580. The van der Waals surface area contributed by atoms with Crippen molar-refractivity contribution in [3.05, 3.63) is 35.4 Å². The van der Waals surface area contributed by atoms with Crippen LogP contribution in [0.4, 0.5) is 0 Å². The Labute approximate surface area is 104 Å². The molecule has 0 spiro atoms. The van der Waals surface area contributed by atoms with E-state index in [1.165, 1.54) is 12.1 Å². The smallest absolute Gasteiger partial charge is 0.545 e. The third-order valence-electron chi connectivity index (χ3n) is 1.37. The number of carboxylic acids is 2.